The highest BCUT2D eigenvalue weighted by atomic mass is 79.9. The van der Waals surface area contributed by atoms with Crippen molar-refractivity contribution in [2.24, 2.45) is 23.7 Å². The van der Waals surface area contributed by atoms with E-state index in [-0.39, 0.29) is 89.8 Å². The minimum atomic E-state index is -4.51. The fourth-order valence-electron chi connectivity index (χ4n) is 17.6. The van der Waals surface area contributed by atoms with Gasteiger partial charge in [-0.05, 0) is 219 Å². The Balaban J connectivity index is 0.000000163. The van der Waals surface area contributed by atoms with E-state index in [2.05, 4.69) is 201 Å². The Hall–Kier alpha value is -10.2. The molecule has 5 aliphatic heterocycles. The highest BCUT2D eigenvalue weighted by molar-refractivity contribution is 9.10. The van der Waals surface area contributed by atoms with Crippen molar-refractivity contribution in [3.8, 4) is 0 Å². The Morgan fingerprint density at radius 2 is 0.942 bits per heavy atom. The highest BCUT2D eigenvalue weighted by Crippen LogP contribution is 2.44. The highest BCUT2D eigenvalue weighted by Gasteiger charge is 2.41. The number of aliphatic hydroxyl groups excluding tert-OH is 1. The quantitative estimate of drug-likeness (QED) is 0.0416. The zero-order chi connectivity index (χ0) is 101. The first-order valence-corrected chi connectivity index (χ1v) is 51.3. The third-order valence-corrected chi connectivity index (χ3v) is 28.3. The summed E-state index contributed by atoms with van der Waals surface area (Å²) >= 11 is 11.5. The summed E-state index contributed by atoms with van der Waals surface area (Å²) in [5.41, 5.74) is 15.5. The minimum absolute atomic E-state index is 0.00612. The first kappa shape index (κ1) is 107. The maximum atomic E-state index is 12.4. The fraction of sp³-hybridized carbons (Fsp3) is 0.468. The molecule has 5 aromatic carbocycles. The van der Waals surface area contributed by atoms with Gasteiger partial charge < -0.3 is 66.6 Å². The number of rotatable bonds is 15. The van der Waals surface area contributed by atoms with Crippen LogP contribution < -0.4 is 20.0 Å². The Bertz CT molecular complexity index is 6700. The molecule has 0 unspecified atom stereocenters. The fourth-order valence-corrected chi connectivity index (χ4v) is 20.2. The molecule has 1 saturated heterocycles. The summed E-state index contributed by atoms with van der Waals surface area (Å²) in [6.07, 6.45) is 3.92. The van der Waals surface area contributed by atoms with Crippen LogP contribution in [0.1, 0.15) is 212 Å². The van der Waals surface area contributed by atoms with Gasteiger partial charge in [0, 0.05) is 105 Å². The van der Waals surface area contributed by atoms with Crippen LogP contribution in [0.2, 0.25) is 25.8 Å². The summed E-state index contributed by atoms with van der Waals surface area (Å²) in [5.74, 6) is 4.98. The molecule has 2 N–H and O–H groups in total. The van der Waals surface area contributed by atoms with Gasteiger partial charge in [-0.3, -0.25) is 4.42 Å². The smallest absolute Gasteiger partial charge is 0.465 e. The number of sulfone groups is 2. The lowest BCUT2D eigenvalue weighted by Gasteiger charge is -2.40. The minimum Gasteiger partial charge on any atom is -0.465 e. The number of hydrogen-bond donors (Lipinski definition) is 2. The van der Waals surface area contributed by atoms with Gasteiger partial charge in [-0.15, -0.1) is 0 Å². The molecule has 1 fully saturated rings. The van der Waals surface area contributed by atoms with E-state index in [0.29, 0.717) is 83.2 Å². The number of alkyl halides is 3. The number of methoxy groups -OCH3 is 2. The van der Waals surface area contributed by atoms with Crippen molar-refractivity contribution in [1.82, 2.24) is 73.4 Å². The first-order chi connectivity index (χ1) is 64.6. The number of nitrogens with zero attached hydrogens (tertiary/aromatic N) is 17. The predicted octanol–water partition coefficient (Wildman–Crippen LogP) is 17.8. The van der Waals surface area contributed by atoms with Gasteiger partial charge in [0.2, 0.25) is 17.2 Å². The Morgan fingerprint density at radius 1 is 0.533 bits per heavy atom. The number of aliphatic hydroxyl groups is 1. The number of carbonyl (C=O) groups is 3. The Kier molecular flexibility index (Phi) is 35.2. The maximum Gasteiger partial charge on any atom is 0.612 e. The van der Waals surface area contributed by atoms with Gasteiger partial charge in [-0.1, -0.05) is 99.0 Å². The molecule has 4 atom stereocenters. The summed E-state index contributed by atoms with van der Waals surface area (Å²) in [5, 5.41) is 12.8. The Labute approximate surface area is 821 Å². The lowest BCUT2D eigenvalue weighted by molar-refractivity contribution is -0.334. The van der Waals surface area contributed by atoms with Crippen molar-refractivity contribution >= 4 is 171 Å². The summed E-state index contributed by atoms with van der Waals surface area (Å²) < 4.78 is 125. The summed E-state index contributed by atoms with van der Waals surface area (Å²) in [7, 11) is -4.86. The van der Waals surface area contributed by atoms with Crippen molar-refractivity contribution in [1.29, 1.82) is 0 Å². The lowest BCUT2D eigenvalue weighted by atomic mass is 9.74. The average molecular weight is 2070 g/mol. The number of benzene rings is 5. The molecule has 32 nitrogen and oxygen atoms in total. The Morgan fingerprint density at radius 3 is 1.35 bits per heavy atom. The molecule has 17 rings (SSSR count). The van der Waals surface area contributed by atoms with E-state index < -0.39 is 48.8 Å². The van der Waals surface area contributed by atoms with Gasteiger partial charge in [-0.2, -0.15) is 13.2 Å². The van der Waals surface area contributed by atoms with Gasteiger partial charge in [0.1, 0.15) is 28.9 Å². The van der Waals surface area contributed by atoms with Crippen LogP contribution in [0.5, 0.6) is 0 Å². The van der Waals surface area contributed by atoms with Crippen LogP contribution in [0.25, 0.3) is 44.1 Å². The van der Waals surface area contributed by atoms with Gasteiger partial charge >= 0.3 is 45.4 Å². The molecule has 0 saturated carbocycles. The first-order valence-electron chi connectivity index (χ1n) is 45.5. The van der Waals surface area contributed by atoms with Crippen molar-refractivity contribution in [3.05, 3.63) is 190 Å². The second-order valence-electron chi connectivity index (χ2n) is 35.2. The number of aromatic nitrogens is 14. The normalized spacial score (nSPS) is 16.4. The SMILES string of the molecule is C=[O+]C(=O)c1cc2nc3n(c2cc1CC)CCN[C@@H]3C(C)C.CB1OB(C)OB(C)O1.CC.CCc1cc2c(cc1C(=O)OC)nc1n2CCN(c2ccc(Br)c(C)c2)[C@@H]1C(C)C.COC(=O)c1cc2nc3n(c2cc1S(C)(=O)=O)CCN(c1ncc(C)c(C)n1)[C@@H]3C(C)C.Cc1cnc(N2CCn3c(nc4cc(CO)c(S(C)(=O)=O)cc43)[C@H]2C(C)C)nc1C.FC(F)(F)c1nc(Cl)ncc1Br. The topological polar surface area (TPSA) is 368 Å². The van der Waals surface area contributed by atoms with Gasteiger partial charge in [0.15, 0.2) is 32.2 Å². The standard InChI is InChI=1S/C24H28BrN3O2.C22H27N5O4S.C21H27N5O3S.C17H22N3O2.C5HBrClF3N2.C3H9B3O3.C2H6/c1-6-16-12-21-20(13-18(16)24(29)30-5)26-23-22(14(2)3)27(9-10-28(21)23)17-7-8-19(25)15(4)11-17;1-12(2)19-20-25-16-9-15(21(28)31-5)18(32(6,29)30)10-17(16)26(20)7-8-27(19)22-23-11-13(3)14(4)24-22;1-12(2)19-20-24-16-8-15(11-27)18(30(5,28)29)9-17(16)25(20)6-7-26(19)21-22-10-13(3)14(4)23-21;1-5-11-8-14-13(9-12(11)17(21)22-4)19-16-15(10(2)3)18-6-7-20(14)16;6-2-1-11-4(7)12-3(2)5(8,9)10;1-4-7-5(2)9-6(3)8-4;1-2/h7-8,11-14,22H,6,9-10H2,1-5H3;9-12,19H,7-8H2,1-6H3;8-10,12,19,27H,6-7,11H2,1-5H3;8-10,15,18H,4-7H2,1-3H3;1H;1-3H3;1-2H3/q;;;+1;;;/t22-;2*19-;15-;;;/m1111.../s1. The molecule has 0 radical (unpaired) electrons. The molecule has 0 amide bonds. The zero-order valence-electron chi connectivity index (χ0n) is 81.9. The number of anilines is 3. The second-order valence-corrected chi connectivity index (χ2v) is 41.2. The number of aryl methyl sites for hydroxylation is 7. The van der Waals surface area contributed by atoms with Crippen molar-refractivity contribution in [2.75, 3.05) is 67.6 Å². The third-order valence-electron chi connectivity index (χ3n) is 24.3. The maximum absolute atomic E-state index is 12.4. The summed E-state index contributed by atoms with van der Waals surface area (Å²) in [6.45, 7) is 50.1. The van der Waals surface area contributed by atoms with E-state index in [1.54, 1.807) is 12.1 Å². The van der Waals surface area contributed by atoms with E-state index in [1.165, 1.54) is 37.6 Å². The molecule has 0 aliphatic carbocycles. The van der Waals surface area contributed by atoms with Crippen LogP contribution in [0, 0.1) is 58.3 Å². The number of hydrogen-bond acceptors (Lipinski definition) is 27. The molecule has 43 heteroatoms. The molecule has 12 aromatic rings. The van der Waals surface area contributed by atoms with Crippen LogP contribution in [0.15, 0.2) is 104 Å². The summed E-state index contributed by atoms with van der Waals surface area (Å²) in [6, 6.07) is 21.1. The largest absolute Gasteiger partial charge is 0.612 e. The number of carbonyl (C=O) groups excluding carboxylic acids is 4. The van der Waals surface area contributed by atoms with Crippen LogP contribution >= 0.6 is 43.5 Å². The molecular weight excluding hydrogens is 1950 g/mol. The van der Waals surface area contributed by atoms with E-state index in [4.69, 9.17) is 59.7 Å². The molecular formula is C94H120B3Br2ClF3N18O14S2+. The van der Waals surface area contributed by atoms with E-state index in [0.717, 1.165) is 147 Å². The molecule has 5 aliphatic rings. The van der Waals surface area contributed by atoms with Crippen LogP contribution in [0.3, 0.4) is 0 Å². The predicted molar refractivity (Wildman–Crippen MR) is 535 cm³/mol. The number of imidazole rings is 4. The number of fused-ring (bicyclic) bond motifs is 12. The second kappa shape index (κ2) is 45.0. The van der Waals surface area contributed by atoms with E-state index in [9.17, 15) is 49.5 Å². The molecule has 7 aromatic heterocycles. The molecule has 732 valence electrons. The van der Waals surface area contributed by atoms with Crippen molar-refractivity contribution in [2.45, 2.75) is 224 Å². The molecule has 0 spiro atoms. The van der Waals surface area contributed by atoms with Gasteiger partial charge in [0.25, 0.3) is 0 Å². The van der Waals surface area contributed by atoms with Crippen LogP contribution in [0.4, 0.5) is 30.8 Å². The zero-order valence-corrected chi connectivity index (χ0v) is 87.4. The number of halogens is 6. The number of ether oxygens (including phenoxy) is 2. The monoisotopic (exact) mass is 2070 g/mol. The van der Waals surface area contributed by atoms with Crippen LogP contribution in [-0.2, 0) is 99.1 Å². The molecule has 137 heavy (non-hydrogen) atoms. The molecule has 12 heterocycles. The lowest BCUT2D eigenvalue weighted by Crippen LogP contribution is -2.44. The number of nitrogens with one attached hydrogen (secondary N) is 1. The summed E-state index contributed by atoms with van der Waals surface area (Å²) in [4.78, 5) is 87.8. The third kappa shape index (κ3) is 23.8. The van der Waals surface area contributed by atoms with Gasteiger partial charge in [0.05, 0.1) is 119 Å². The molecule has 0 bridgehead atoms. The van der Waals surface area contributed by atoms with Crippen LogP contribution in [-0.4, -0.2) is 189 Å². The van der Waals surface area contributed by atoms with E-state index in [1.807, 2.05) is 98.0 Å². The van der Waals surface area contributed by atoms with Crippen molar-refractivity contribution in [3.63, 3.8) is 0 Å². The van der Waals surface area contributed by atoms with E-state index >= 15 is 0 Å². The average Bonchev–Trinajstić information content (AvgIpc) is 1.65. The number of esters is 2. The van der Waals surface area contributed by atoms with Gasteiger partial charge in [-0.25, -0.2) is 76.3 Å². The van der Waals surface area contributed by atoms with Crippen molar-refractivity contribution < 1.29 is 77.1 Å².